The van der Waals surface area contributed by atoms with Crippen LogP contribution in [0.5, 0.6) is 0 Å². The maximum atomic E-state index is 5.86. The van der Waals surface area contributed by atoms with E-state index in [0.717, 1.165) is 6.42 Å². The zero-order valence-corrected chi connectivity index (χ0v) is 13.6. The van der Waals surface area contributed by atoms with Crippen molar-refractivity contribution in [3.63, 3.8) is 0 Å². The second-order valence-electron chi connectivity index (χ2n) is 5.65. The molecule has 0 saturated carbocycles. The van der Waals surface area contributed by atoms with Gasteiger partial charge in [-0.05, 0) is 62.9 Å². The van der Waals surface area contributed by atoms with Crippen LogP contribution in [-0.4, -0.2) is 6.04 Å². The number of benzene rings is 2. The predicted molar refractivity (Wildman–Crippen MR) is 88.6 cm³/mol. The van der Waals surface area contributed by atoms with Crippen molar-refractivity contribution in [2.75, 3.05) is 0 Å². The van der Waals surface area contributed by atoms with Crippen LogP contribution in [-0.2, 0) is 6.42 Å². The molecule has 2 heteroatoms. The summed E-state index contributed by atoms with van der Waals surface area (Å²) in [7, 11) is 0. The molecule has 0 aliphatic carbocycles. The zero-order valence-electron chi connectivity index (χ0n) is 12.7. The van der Waals surface area contributed by atoms with Crippen molar-refractivity contribution >= 4 is 11.8 Å². The van der Waals surface area contributed by atoms with Crippen molar-refractivity contribution < 1.29 is 0 Å². The highest BCUT2D eigenvalue weighted by Crippen LogP contribution is 2.33. The summed E-state index contributed by atoms with van der Waals surface area (Å²) < 4.78 is 0. The lowest BCUT2D eigenvalue weighted by Crippen LogP contribution is -2.17. The molecular formula is C18H23NS. The van der Waals surface area contributed by atoms with Crippen molar-refractivity contribution in [2.24, 2.45) is 5.73 Å². The van der Waals surface area contributed by atoms with Crippen molar-refractivity contribution in [1.82, 2.24) is 0 Å². The molecule has 0 aromatic heterocycles. The third kappa shape index (κ3) is 3.87. The fourth-order valence-electron chi connectivity index (χ4n) is 2.36. The number of hydrogen-bond acceptors (Lipinski definition) is 2. The van der Waals surface area contributed by atoms with Crippen molar-refractivity contribution in [2.45, 2.75) is 49.9 Å². The lowest BCUT2D eigenvalue weighted by molar-refractivity contribution is 0.737. The molecule has 1 atom stereocenters. The van der Waals surface area contributed by atoms with Crippen LogP contribution < -0.4 is 5.73 Å². The minimum atomic E-state index is 0.215. The molecule has 0 amide bonds. The van der Waals surface area contributed by atoms with E-state index in [9.17, 15) is 0 Å². The summed E-state index contributed by atoms with van der Waals surface area (Å²) in [6.07, 6.45) is 0.940. The van der Waals surface area contributed by atoms with Gasteiger partial charge in [-0.25, -0.2) is 0 Å². The smallest absolute Gasteiger partial charge is 0.0151 e. The molecule has 0 spiro atoms. The summed E-state index contributed by atoms with van der Waals surface area (Å²) in [5.41, 5.74) is 11.2. The standard InChI is InChI=1S/C18H23NS/c1-12-5-7-17(13(2)9-12)20-18-8-6-16(10-14(18)3)11-15(4)19/h5-10,15H,11,19H2,1-4H3. The van der Waals surface area contributed by atoms with E-state index in [4.69, 9.17) is 5.73 Å². The molecule has 0 aliphatic rings. The second-order valence-corrected chi connectivity index (χ2v) is 6.74. The van der Waals surface area contributed by atoms with Crippen LogP contribution in [0.3, 0.4) is 0 Å². The van der Waals surface area contributed by atoms with Crippen LogP contribution in [0, 0.1) is 20.8 Å². The second kappa shape index (κ2) is 6.47. The summed E-state index contributed by atoms with van der Waals surface area (Å²) in [6, 6.07) is 13.5. The number of hydrogen-bond donors (Lipinski definition) is 1. The van der Waals surface area contributed by atoms with Crippen molar-refractivity contribution in [1.29, 1.82) is 0 Å². The molecule has 106 valence electrons. The average Bonchev–Trinajstić information content (AvgIpc) is 2.34. The van der Waals surface area contributed by atoms with E-state index in [1.807, 2.05) is 18.7 Å². The van der Waals surface area contributed by atoms with Crippen LogP contribution in [0.2, 0.25) is 0 Å². The third-order valence-electron chi connectivity index (χ3n) is 3.35. The monoisotopic (exact) mass is 285 g/mol. The van der Waals surface area contributed by atoms with Gasteiger partial charge in [0.1, 0.15) is 0 Å². The summed E-state index contributed by atoms with van der Waals surface area (Å²) in [5, 5.41) is 0. The van der Waals surface area contributed by atoms with Gasteiger partial charge < -0.3 is 5.73 Å². The van der Waals surface area contributed by atoms with E-state index in [2.05, 4.69) is 57.2 Å². The molecule has 20 heavy (non-hydrogen) atoms. The molecule has 1 unspecified atom stereocenters. The number of nitrogens with two attached hydrogens (primary N) is 1. The van der Waals surface area contributed by atoms with Crippen molar-refractivity contribution in [3.8, 4) is 0 Å². The Labute approximate surface area is 126 Å². The van der Waals surface area contributed by atoms with Gasteiger partial charge in [0.25, 0.3) is 0 Å². The fourth-order valence-corrected chi connectivity index (χ4v) is 3.31. The third-order valence-corrected chi connectivity index (χ3v) is 4.70. The largest absolute Gasteiger partial charge is 0.328 e. The molecule has 2 rings (SSSR count). The molecule has 0 fully saturated rings. The van der Waals surface area contributed by atoms with Gasteiger partial charge >= 0.3 is 0 Å². The summed E-state index contributed by atoms with van der Waals surface area (Å²) in [4.78, 5) is 2.66. The molecule has 2 aromatic carbocycles. The van der Waals surface area contributed by atoms with E-state index >= 15 is 0 Å². The first-order valence-electron chi connectivity index (χ1n) is 7.06. The highest BCUT2D eigenvalue weighted by atomic mass is 32.2. The molecule has 0 radical (unpaired) electrons. The lowest BCUT2D eigenvalue weighted by Gasteiger charge is -2.11. The molecule has 2 aromatic rings. The van der Waals surface area contributed by atoms with E-state index in [1.54, 1.807) is 0 Å². The molecular weight excluding hydrogens is 262 g/mol. The summed E-state index contributed by atoms with van der Waals surface area (Å²) in [5.74, 6) is 0. The molecule has 1 nitrogen and oxygen atoms in total. The van der Waals surface area contributed by atoms with Gasteiger partial charge in [0.05, 0.1) is 0 Å². The van der Waals surface area contributed by atoms with Gasteiger partial charge in [0, 0.05) is 15.8 Å². The van der Waals surface area contributed by atoms with Crippen LogP contribution >= 0.6 is 11.8 Å². The Kier molecular flexibility index (Phi) is 4.90. The molecule has 0 saturated heterocycles. The van der Waals surface area contributed by atoms with E-state index in [1.165, 1.54) is 32.0 Å². The van der Waals surface area contributed by atoms with Gasteiger partial charge in [-0.3, -0.25) is 0 Å². The zero-order chi connectivity index (χ0) is 14.7. The van der Waals surface area contributed by atoms with Crippen LogP contribution in [0.1, 0.15) is 29.2 Å². The topological polar surface area (TPSA) is 26.0 Å². The normalized spacial score (nSPS) is 12.4. The first-order chi connectivity index (χ1) is 9.45. The van der Waals surface area contributed by atoms with E-state index in [-0.39, 0.29) is 6.04 Å². The van der Waals surface area contributed by atoms with Gasteiger partial charge in [0.15, 0.2) is 0 Å². The van der Waals surface area contributed by atoms with Crippen molar-refractivity contribution in [3.05, 3.63) is 58.7 Å². The highest BCUT2D eigenvalue weighted by molar-refractivity contribution is 7.99. The Hall–Kier alpha value is -1.25. The Morgan fingerprint density at radius 3 is 2.10 bits per heavy atom. The highest BCUT2D eigenvalue weighted by Gasteiger charge is 2.06. The summed E-state index contributed by atoms with van der Waals surface area (Å²) in [6.45, 7) is 8.54. The van der Waals surface area contributed by atoms with Gasteiger partial charge in [-0.15, -0.1) is 0 Å². The van der Waals surface area contributed by atoms with Crippen LogP contribution in [0.15, 0.2) is 46.2 Å². The van der Waals surface area contributed by atoms with E-state index in [0.29, 0.717) is 0 Å². The number of aryl methyl sites for hydroxylation is 3. The molecule has 0 bridgehead atoms. The minimum Gasteiger partial charge on any atom is -0.328 e. The van der Waals surface area contributed by atoms with Gasteiger partial charge in [-0.2, -0.15) is 0 Å². The Morgan fingerprint density at radius 2 is 1.55 bits per heavy atom. The summed E-state index contributed by atoms with van der Waals surface area (Å²) >= 11 is 1.85. The number of rotatable bonds is 4. The van der Waals surface area contributed by atoms with Crippen LogP contribution in [0.4, 0.5) is 0 Å². The maximum absolute atomic E-state index is 5.86. The minimum absolute atomic E-state index is 0.215. The van der Waals surface area contributed by atoms with Crippen LogP contribution in [0.25, 0.3) is 0 Å². The lowest BCUT2D eigenvalue weighted by atomic mass is 10.1. The average molecular weight is 285 g/mol. The first-order valence-corrected chi connectivity index (χ1v) is 7.87. The Bertz CT molecular complexity index is 602. The molecule has 2 N–H and O–H groups in total. The molecule has 0 heterocycles. The molecule has 0 aliphatic heterocycles. The van der Waals surface area contributed by atoms with E-state index < -0.39 is 0 Å². The first kappa shape index (κ1) is 15.1. The predicted octanol–water partition coefficient (Wildman–Crippen LogP) is 4.65. The fraction of sp³-hybridized carbons (Fsp3) is 0.333. The van der Waals surface area contributed by atoms with Gasteiger partial charge in [0.2, 0.25) is 0 Å². The quantitative estimate of drug-likeness (QED) is 0.884. The van der Waals surface area contributed by atoms with Gasteiger partial charge in [-0.1, -0.05) is 41.6 Å². The SMILES string of the molecule is Cc1ccc(Sc2ccc(CC(C)N)cc2C)c(C)c1. The maximum Gasteiger partial charge on any atom is 0.0151 e. The Morgan fingerprint density at radius 1 is 0.950 bits per heavy atom. The Balaban J connectivity index is 2.21.